The molecule has 0 bridgehead atoms. The highest BCUT2D eigenvalue weighted by Crippen LogP contribution is 2.17. The number of rotatable bonds is 8. The molecular weight excluding hydrogens is 222 g/mol. The highest BCUT2D eigenvalue weighted by atomic mass is 15.2. The number of hydrogen-bond donors (Lipinski definition) is 1. The van der Waals surface area contributed by atoms with Gasteiger partial charge in [-0.15, -0.1) is 0 Å². The van der Waals surface area contributed by atoms with E-state index in [1.807, 2.05) is 6.20 Å². The molecule has 1 N–H and O–H groups in total. The van der Waals surface area contributed by atoms with Crippen LogP contribution in [0.1, 0.15) is 51.6 Å². The molecule has 0 saturated carbocycles. The van der Waals surface area contributed by atoms with Gasteiger partial charge in [-0.25, -0.2) is 4.98 Å². The second-order valence-electron chi connectivity index (χ2n) is 4.90. The molecular formula is C15H27N3. The Labute approximate surface area is 112 Å². The van der Waals surface area contributed by atoms with E-state index in [1.165, 1.54) is 24.8 Å². The number of nitrogens with zero attached hydrogens (tertiary/aromatic N) is 2. The highest BCUT2D eigenvalue weighted by Gasteiger charge is 2.07. The van der Waals surface area contributed by atoms with E-state index in [4.69, 9.17) is 0 Å². The van der Waals surface area contributed by atoms with Gasteiger partial charge < -0.3 is 10.2 Å². The van der Waals surface area contributed by atoms with Crippen LogP contribution in [0.4, 0.5) is 5.82 Å². The summed E-state index contributed by atoms with van der Waals surface area (Å²) in [4.78, 5) is 6.69. The zero-order valence-electron chi connectivity index (χ0n) is 12.2. The number of aromatic nitrogens is 1. The van der Waals surface area contributed by atoms with Crippen LogP contribution in [-0.2, 0) is 0 Å². The summed E-state index contributed by atoms with van der Waals surface area (Å²) in [6.07, 6.45) is 5.51. The van der Waals surface area contributed by atoms with Crippen LogP contribution < -0.4 is 10.2 Å². The van der Waals surface area contributed by atoms with E-state index in [9.17, 15) is 0 Å². The standard InChI is InChI=1S/C15H27N3/c1-5-7-11-18(4)15-12-14(8-10-17-15)13(3)16-9-6-2/h8,10,12-13,16H,5-7,9,11H2,1-4H3. The first-order chi connectivity index (χ1) is 8.69. The van der Waals surface area contributed by atoms with Crippen molar-refractivity contribution < 1.29 is 0 Å². The number of hydrogen-bond acceptors (Lipinski definition) is 3. The lowest BCUT2D eigenvalue weighted by Crippen LogP contribution is -2.22. The zero-order valence-corrected chi connectivity index (χ0v) is 12.2. The predicted molar refractivity (Wildman–Crippen MR) is 79.1 cm³/mol. The first-order valence-corrected chi connectivity index (χ1v) is 7.09. The van der Waals surface area contributed by atoms with Gasteiger partial charge >= 0.3 is 0 Å². The molecule has 0 amide bonds. The average molecular weight is 249 g/mol. The van der Waals surface area contributed by atoms with Gasteiger partial charge in [-0.2, -0.15) is 0 Å². The number of anilines is 1. The van der Waals surface area contributed by atoms with Crippen molar-refractivity contribution in [2.24, 2.45) is 0 Å². The molecule has 1 aromatic heterocycles. The average Bonchev–Trinajstić information content (AvgIpc) is 2.42. The Kier molecular flexibility index (Phi) is 6.73. The van der Waals surface area contributed by atoms with E-state index >= 15 is 0 Å². The molecule has 0 spiro atoms. The molecule has 0 saturated heterocycles. The zero-order chi connectivity index (χ0) is 13.4. The monoisotopic (exact) mass is 249 g/mol. The molecule has 1 aromatic rings. The largest absolute Gasteiger partial charge is 0.360 e. The van der Waals surface area contributed by atoms with Gasteiger partial charge in [0.05, 0.1) is 0 Å². The van der Waals surface area contributed by atoms with Crippen LogP contribution in [-0.4, -0.2) is 25.1 Å². The van der Waals surface area contributed by atoms with Crippen molar-refractivity contribution in [1.29, 1.82) is 0 Å². The molecule has 1 heterocycles. The third-order valence-corrected chi connectivity index (χ3v) is 3.21. The van der Waals surface area contributed by atoms with Gasteiger partial charge in [0.25, 0.3) is 0 Å². The minimum Gasteiger partial charge on any atom is -0.360 e. The minimum absolute atomic E-state index is 0.395. The fraction of sp³-hybridized carbons (Fsp3) is 0.667. The van der Waals surface area contributed by atoms with Crippen molar-refractivity contribution in [3.05, 3.63) is 23.9 Å². The predicted octanol–water partition coefficient (Wildman–Crippen LogP) is 3.38. The second kappa shape index (κ2) is 8.09. The first kappa shape index (κ1) is 15.0. The quantitative estimate of drug-likeness (QED) is 0.765. The summed E-state index contributed by atoms with van der Waals surface area (Å²) >= 11 is 0. The Morgan fingerprint density at radius 3 is 2.78 bits per heavy atom. The lowest BCUT2D eigenvalue weighted by molar-refractivity contribution is 0.570. The number of pyridine rings is 1. The lowest BCUT2D eigenvalue weighted by atomic mass is 10.1. The molecule has 1 unspecified atom stereocenters. The maximum atomic E-state index is 4.45. The summed E-state index contributed by atoms with van der Waals surface area (Å²) in [5.41, 5.74) is 1.32. The van der Waals surface area contributed by atoms with Crippen molar-refractivity contribution in [1.82, 2.24) is 10.3 Å². The van der Waals surface area contributed by atoms with Gasteiger partial charge in [0.1, 0.15) is 5.82 Å². The van der Waals surface area contributed by atoms with Crippen LogP contribution in [0.3, 0.4) is 0 Å². The van der Waals surface area contributed by atoms with Gasteiger partial charge in [-0.1, -0.05) is 20.3 Å². The summed E-state index contributed by atoms with van der Waals surface area (Å²) in [7, 11) is 2.12. The Balaban J connectivity index is 2.66. The SMILES string of the molecule is CCCCN(C)c1cc(C(C)NCCC)ccn1. The molecule has 0 radical (unpaired) electrons. The Morgan fingerprint density at radius 2 is 2.11 bits per heavy atom. The molecule has 0 fully saturated rings. The lowest BCUT2D eigenvalue weighted by Gasteiger charge is -2.20. The van der Waals surface area contributed by atoms with E-state index in [0.29, 0.717) is 6.04 Å². The molecule has 0 aliphatic heterocycles. The summed E-state index contributed by atoms with van der Waals surface area (Å²) in [5, 5.41) is 3.51. The molecule has 18 heavy (non-hydrogen) atoms. The maximum absolute atomic E-state index is 4.45. The van der Waals surface area contributed by atoms with Crippen LogP contribution >= 0.6 is 0 Å². The number of nitrogens with one attached hydrogen (secondary N) is 1. The van der Waals surface area contributed by atoms with Crippen molar-refractivity contribution in [3.8, 4) is 0 Å². The van der Waals surface area contributed by atoms with Gasteiger partial charge in [0.15, 0.2) is 0 Å². The van der Waals surface area contributed by atoms with Crippen molar-refractivity contribution >= 4 is 5.82 Å². The van der Waals surface area contributed by atoms with Gasteiger partial charge in [-0.05, 0) is 44.0 Å². The normalized spacial score (nSPS) is 12.4. The molecule has 0 aliphatic rings. The summed E-state index contributed by atoms with van der Waals surface area (Å²) in [6.45, 7) is 8.75. The molecule has 1 atom stereocenters. The summed E-state index contributed by atoms with van der Waals surface area (Å²) in [6, 6.07) is 4.69. The van der Waals surface area contributed by atoms with Crippen molar-refractivity contribution in [2.45, 2.75) is 46.1 Å². The summed E-state index contributed by atoms with van der Waals surface area (Å²) < 4.78 is 0. The molecule has 3 nitrogen and oxygen atoms in total. The fourth-order valence-corrected chi connectivity index (χ4v) is 1.90. The Morgan fingerprint density at radius 1 is 1.33 bits per heavy atom. The van der Waals surface area contributed by atoms with Gasteiger partial charge in [0.2, 0.25) is 0 Å². The van der Waals surface area contributed by atoms with Crippen LogP contribution in [0.25, 0.3) is 0 Å². The third kappa shape index (κ3) is 4.65. The maximum Gasteiger partial charge on any atom is 0.128 e. The van der Waals surface area contributed by atoms with Crippen LogP contribution in [0.5, 0.6) is 0 Å². The smallest absolute Gasteiger partial charge is 0.128 e. The van der Waals surface area contributed by atoms with E-state index in [1.54, 1.807) is 0 Å². The highest BCUT2D eigenvalue weighted by molar-refractivity contribution is 5.40. The van der Waals surface area contributed by atoms with Gasteiger partial charge in [-0.3, -0.25) is 0 Å². The van der Waals surface area contributed by atoms with E-state index in [-0.39, 0.29) is 0 Å². The molecule has 0 aliphatic carbocycles. The van der Waals surface area contributed by atoms with Crippen molar-refractivity contribution in [2.75, 3.05) is 25.0 Å². The molecule has 3 heteroatoms. The molecule has 1 rings (SSSR count). The van der Waals surface area contributed by atoms with Gasteiger partial charge in [0, 0.05) is 25.8 Å². The third-order valence-electron chi connectivity index (χ3n) is 3.21. The first-order valence-electron chi connectivity index (χ1n) is 7.09. The minimum atomic E-state index is 0.395. The van der Waals surface area contributed by atoms with E-state index in [0.717, 1.165) is 18.9 Å². The molecule has 0 aromatic carbocycles. The summed E-state index contributed by atoms with van der Waals surface area (Å²) in [5.74, 6) is 1.08. The van der Waals surface area contributed by atoms with E-state index in [2.05, 4.69) is 55.2 Å². The van der Waals surface area contributed by atoms with Crippen molar-refractivity contribution in [3.63, 3.8) is 0 Å². The fourth-order valence-electron chi connectivity index (χ4n) is 1.90. The Hall–Kier alpha value is -1.09. The van der Waals surface area contributed by atoms with Crippen LogP contribution in [0.2, 0.25) is 0 Å². The van der Waals surface area contributed by atoms with E-state index < -0.39 is 0 Å². The Bertz CT molecular complexity index is 309. The number of unbranched alkanes of at least 4 members (excludes halogenated alkanes) is 1. The second-order valence-corrected chi connectivity index (χ2v) is 4.90. The van der Waals surface area contributed by atoms with Crippen LogP contribution in [0.15, 0.2) is 18.3 Å². The molecule has 102 valence electrons. The van der Waals surface area contributed by atoms with Crippen LogP contribution in [0, 0.1) is 0 Å². The topological polar surface area (TPSA) is 28.2 Å².